The van der Waals surface area contributed by atoms with E-state index in [1.54, 1.807) is 0 Å². The first-order valence-electron chi connectivity index (χ1n) is 6.15. The van der Waals surface area contributed by atoms with Gasteiger partial charge in [-0.2, -0.15) is 17.6 Å². The van der Waals surface area contributed by atoms with Crippen LogP contribution in [0, 0.1) is 0 Å². The minimum Gasteiger partial charge on any atom is -0.481 e. The number of alkyl halides is 4. The van der Waals surface area contributed by atoms with E-state index >= 15 is 0 Å². The molecule has 114 valence electrons. The Kier molecular flexibility index (Phi) is 2.67. The van der Waals surface area contributed by atoms with Crippen LogP contribution in [-0.4, -0.2) is 23.3 Å². The Bertz CT molecular complexity index is 610. The second kappa shape index (κ2) is 4.02. The van der Waals surface area contributed by atoms with Crippen LogP contribution in [0.25, 0.3) is 0 Å². The lowest BCUT2D eigenvalue weighted by atomic mass is 9.92. The van der Waals surface area contributed by atoms with Gasteiger partial charge in [0.25, 0.3) is 0 Å². The molecule has 0 spiro atoms. The summed E-state index contributed by atoms with van der Waals surface area (Å²) in [6.07, 6.45) is -8.50. The monoisotopic (exact) mass is 306 g/mol. The van der Waals surface area contributed by atoms with Crippen molar-refractivity contribution in [1.82, 2.24) is 0 Å². The van der Waals surface area contributed by atoms with Crippen molar-refractivity contribution in [2.24, 2.45) is 0 Å². The molecule has 1 aliphatic heterocycles. The van der Waals surface area contributed by atoms with Crippen LogP contribution in [-0.2, 0) is 10.2 Å². The number of rotatable bonds is 3. The van der Waals surface area contributed by atoms with E-state index in [-0.39, 0.29) is 6.42 Å². The molecule has 8 heteroatoms. The number of fused-ring (bicyclic) bond motifs is 1. The standard InChI is InChI=1S/C13H10F4O4/c14-12(15)13(16,17)21-9-5-7(1-2-8(9)20-12)11(3-4-11)6-10(18)19/h1-2,5H,3-4,6H2,(H,18,19). The molecule has 0 atom stereocenters. The summed E-state index contributed by atoms with van der Waals surface area (Å²) in [6, 6.07) is 3.64. The van der Waals surface area contributed by atoms with Gasteiger partial charge in [0.2, 0.25) is 0 Å². The SMILES string of the molecule is O=C(O)CC1(c2ccc3c(c2)OC(F)(F)C(F)(F)O3)CC1. The Morgan fingerprint density at radius 2 is 1.67 bits per heavy atom. The molecule has 1 fully saturated rings. The minimum absolute atomic E-state index is 0.154. The minimum atomic E-state index is -4.78. The summed E-state index contributed by atoms with van der Waals surface area (Å²) < 4.78 is 60.3. The average Bonchev–Trinajstić information content (AvgIpc) is 3.09. The fourth-order valence-corrected chi connectivity index (χ4v) is 2.40. The van der Waals surface area contributed by atoms with Crippen molar-refractivity contribution in [2.45, 2.75) is 36.9 Å². The zero-order valence-electron chi connectivity index (χ0n) is 10.5. The number of halogens is 4. The number of hydrogen-bond acceptors (Lipinski definition) is 3. The number of carboxylic acid groups (broad SMARTS) is 1. The van der Waals surface area contributed by atoms with E-state index in [1.165, 1.54) is 6.07 Å². The summed E-state index contributed by atoms with van der Waals surface area (Å²) in [4.78, 5) is 10.8. The van der Waals surface area contributed by atoms with Crippen molar-refractivity contribution in [1.29, 1.82) is 0 Å². The molecule has 0 radical (unpaired) electrons. The predicted molar refractivity (Wildman–Crippen MR) is 60.8 cm³/mol. The highest BCUT2D eigenvalue weighted by Gasteiger charge is 2.66. The Morgan fingerprint density at radius 3 is 2.19 bits per heavy atom. The van der Waals surface area contributed by atoms with E-state index in [9.17, 15) is 22.4 Å². The highest BCUT2D eigenvalue weighted by atomic mass is 19.3. The average molecular weight is 306 g/mol. The Labute approximate surface area is 116 Å². The van der Waals surface area contributed by atoms with Gasteiger partial charge in [-0.3, -0.25) is 4.79 Å². The fourth-order valence-electron chi connectivity index (χ4n) is 2.40. The summed E-state index contributed by atoms with van der Waals surface area (Å²) in [5, 5.41) is 8.87. The number of aliphatic carboxylic acids is 1. The van der Waals surface area contributed by atoms with Crippen LogP contribution >= 0.6 is 0 Å². The van der Waals surface area contributed by atoms with Gasteiger partial charge >= 0.3 is 18.2 Å². The quantitative estimate of drug-likeness (QED) is 0.872. The van der Waals surface area contributed by atoms with E-state index in [2.05, 4.69) is 9.47 Å². The number of carbonyl (C=O) groups is 1. The maximum atomic E-state index is 13.1. The molecule has 1 N–H and O–H groups in total. The molecular weight excluding hydrogens is 296 g/mol. The Balaban J connectivity index is 1.95. The topological polar surface area (TPSA) is 55.8 Å². The number of hydrogen-bond donors (Lipinski definition) is 1. The van der Waals surface area contributed by atoms with E-state index in [0.717, 1.165) is 12.1 Å². The zero-order chi connectivity index (χ0) is 15.5. The van der Waals surface area contributed by atoms with Gasteiger partial charge in [0.1, 0.15) is 0 Å². The summed E-state index contributed by atoms with van der Waals surface area (Å²) in [5.41, 5.74) is -0.173. The second-order valence-electron chi connectivity index (χ2n) is 5.25. The molecule has 0 amide bonds. The third-order valence-corrected chi connectivity index (χ3v) is 3.71. The molecule has 1 saturated carbocycles. The zero-order valence-corrected chi connectivity index (χ0v) is 10.5. The van der Waals surface area contributed by atoms with Crippen LogP contribution in [0.4, 0.5) is 17.6 Å². The molecule has 1 heterocycles. The van der Waals surface area contributed by atoms with Gasteiger partial charge in [0, 0.05) is 5.41 Å². The first-order chi connectivity index (χ1) is 9.65. The molecule has 0 unspecified atom stereocenters. The first-order valence-corrected chi connectivity index (χ1v) is 6.15. The summed E-state index contributed by atoms with van der Waals surface area (Å²) in [6.45, 7) is 0. The van der Waals surface area contributed by atoms with Crippen LogP contribution < -0.4 is 9.47 Å². The summed E-state index contributed by atoms with van der Waals surface area (Å²) >= 11 is 0. The molecule has 1 aliphatic carbocycles. The maximum absolute atomic E-state index is 13.1. The normalized spacial score (nSPS) is 23.4. The molecular formula is C13H10F4O4. The van der Waals surface area contributed by atoms with Crippen LogP contribution in [0.15, 0.2) is 18.2 Å². The third-order valence-electron chi connectivity index (χ3n) is 3.71. The van der Waals surface area contributed by atoms with Crippen LogP contribution in [0.1, 0.15) is 24.8 Å². The van der Waals surface area contributed by atoms with Gasteiger partial charge < -0.3 is 14.6 Å². The van der Waals surface area contributed by atoms with E-state index < -0.39 is 35.1 Å². The first kappa shape index (κ1) is 14.0. The van der Waals surface area contributed by atoms with Gasteiger partial charge in [-0.1, -0.05) is 6.07 Å². The molecule has 0 aromatic heterocycles. The van der Waals surface area contributed by atoms with Crippen LogP contribution in [0.3, 0.4) is 0 Å². The molecule has 0 saturated heterocycles. The van der Waals surface area contributed by atoms with Crippen molar-refractivity contribution in [2.75, 3.05) is 0 Å². The lowest BCUT2D eigenvalue weighted by Crippen LogP contribution is -2.52. The van der Waals surface area contributed by atoms with Gasteiger partial charge in [-0.05, 0) is 30.5 Å². The summed E-state index contributed by atoms with van der Waals surface area (Å²) in [5.74, 6) is -2.03. The van der Waals surface area contributed by atoms with E-state index in [4.69, 9.17) is 5.11 Å². The van der Waals surface area contributed by atoms with Gasteiger partial charge in [0.05, 0.1) is 6.42 Å². The van der Waals surface area contributed by atoms with Crippen molar-refractivity contribution < 1.29 is 36.9 Å². The Morgan fingerprint density at radius 1 is 1.10 bits per heavy atom. The second-order valence-corrected chi connectivity index (χ2v) is 5.25. The molecule has 1 aromatic carbocycles. The maximum Gasteiger partial charge on any atom is 0.507 e. The molecule has 0 bridgehead atoms. The molecule has 21 heavy (non-hydrogen) atoms. The van der Waals surface area contributed by atoms with Crippen LogP contribution in [0.5, 0.6) is 11.5 Å². The largest absolute Gasteiger partial charge is 0.507 e. The predicted octanol–water partition coefficient (Wildman–Crippen LogP) is 3.15. The lowest BCUT2D eigenvalue weighted by molar-refractivity contribution is -0.391. The Hall–Kier alpha value is -1.99. The van der Waals surface area contributed by atoms with Crippen LogP contribution in [0.2, 0.25) is 0 Å². The highest BCUT2D eigenvalue weighted by Crippen LogP contribution is 2.54. The number of benzene rings is 1. The molecule has 4 nitrogen and oxygen atoms in total. The van der Waals surface area contributed by atoms with Crippen molar-refractivity contribution >= 4 is 5.97 Å². The molecule has 3 rings (SSSR count). The van der Waals surface area contributed by atoms with Gasteiger partial charge in [-0.25, -0.2) is 0 Å². The smallest absolute Gasteiger partial charge is 0.481 e. The fraction of sp³-hybridized carbons (Fsp3) is 0.462. The van der Waals surface area contributed by atoms with Gasteiger partial charge in [0.15, 0.2) is 11.5 Å². The highest BCUT2D eigenvalue weighted by molar-refractivity contribution is 5.70. The molecule has 1 aromatic rings. The number of ether oxygens (including phenoxy) is 2. The van der Waals surface area contributed by atoms with Crippen molar-refractivity contribution in [3.8, 4) is 11.5 Å². The van der Waals surface area contributed by atoms with Crippen molar-refractivity contribution in [3.05, 3.63) is 23.8 Å². The summed E-state index contributed by atoms with van der Waals surface area (Å²) in [7, 11) is 0. The van der Waals surface area contributed by atoms with Gasteiger partial charge in [-0.15, -0.1) is 0 Å². The molecule has 2 aliphatic rings. The lowest BCUT2D eigenvalue weighted by Gasteiger charge is -2.32. The van der Waals surface area contributed by atoms with E-state index in [1.807, 2.05) is 0 Å². The number of carboxylic acids is 1. The third kappa shape index (κ3) is 2.18. The van der Waals surface area contributed by atoms with E-state index in [0.29, 0.717) is 18.4 Å². The van der Waals surface area contributed by atoms with Crippen molar-refractivity contribution in [3.63, 3.8) is 0 Å².